The van der Waals surface area contributed by atoms with E-state index in [-0.39, 0.29) is 6.42 Å². The van der Waals surface area contributed by atoms with Gasteiger partial charge in [0.25, 0.3) is 0 Å². The lowest BCUT2D eigenvalue weighted by atomic mass is 9.91. The van der Waals surface area contributed by atoms with Crippen LogP contribution in [0.4, 0.5) is 0 Å². The number of hydrogen-bond acceptors (Lipinski definition) is 6. The molecule has 6 nitrogen and oxygen atoms in total. The Labute approximate surface area is 113 Å². The molecule has 0 aliphatic rings. The molecule has 2 unspecified atom stereocenters. The maximum atomic E-state index is 11.6. The van der Waals surface area contributed by atoms with Gasteiger partial charge >= 0.3 is 17.9 Å². The third-order valence-corrected chi connectivity index (χ3v) is 2.83. The Morgan fingerprint density at radius 3 is 2.11 bits per heavy atom. The Hall–Kier alpha value is -1.59. The Kier molecular flexibility index (Phi) is 8.57. The zero-order valence-corrected chi connectivity index (χ0v) is 11.9. The van der Waals surface area contributed by atoms with Crippen LogP contribution in [0.25, 0.3) is 0 Å². The van der Waals surface area contributed by atoms with E-state index in [1.54, 1.807) is 0 Å². The second kappa shape index (κ2) is 9.35. The average molecular weight is 274 g/mol. The molecular weight excluding hydrogens is 252 g/mol. The van der Waals surface area contributed by atoms with Crippen LogP contribution in [0.2, 0.25) is 0 Å². The van der Waals surface area contributed by atoms with Gasteiger partial charge in [-0.2, -0.15) is 0 Å². The maximum absolute atomic E-state index is 11.6. The van der Waals surface area contributed by atoms with Crippen LogP contribution in [0, 0.1) is 11.8 Å². The summed E-state index contributed by atoms with van der Waals surface area (Å²) < 4.78 is 14.1. The molecule has 0 fully saturated rings. The van der Waals surface area contributed by atoms with Crippen molar-refractivity contribution in [3.05, 3.63) is 0 Å². The molecular formula is C13H22O6. The van der Waals surface area contributed by atoms with Gasteiger partial charge in [-0.1, -0.05) is 20.3 Å². The topological polar surface area (TPSA) is 78.9 Å². The van der Waals surface area contributed by atoms with Gasteiger partial charge in [0.2, 0.25) is 0 Å². The first-order valence-electron chi connectivity index (χ1n) is 6.29. The first-order chi connectivity index (χ1) is 8.97. The number of unbranched alkanes of at least 4 members (excludes halogenated alkanes) is 1. The van der Waals surface area contributed by atoms with E-state index in [9.17, 15) is 14.4 Å². The van der Waals surface area contributed by atoms with Crippen LogP contribution < -0.4 is 0 Å². The molecule has 0 aromatic carbocycles. The molecule has 0 aromatic rings. The first-order valence-corrected chi connectivity index (χ1v) is 6.29. The molecule has 19 heavy (non-hydrogen) atoms. The van der Waals surface area contributed by atoms with Crippen LogP contribution >= 0.6 is 0 Å². The Bertz CT molecular complexity index is 312. The summed E-state index contributed by atoms with van der Waals surface area (Å²) in [4.78, 5) is 34.6. The summed E-state index contributed by atoms with van der Waals surface area (Å²) in [6.45, 7) is 3.81. The van der Waals surface area contributed by atoms with Crippen LogP contribution in [0.3, 0.4) is 0 Å². The maximum Gasteiger partial charge on any atom is 0.310 e. The summed E-state index contributed by atoms with van der Waals surface area (Å²) >= 11 is 0. The lowest BCUT2D eigenvalue weighted by Crippen LogP contribution is -2.32. The number of esters is 3. The highest BCUT2D eigenvalue weighted by atomic mass is 16.5. The summed E-state index contributed by atoms with van der Waals surface area (Å²) in [5.74, 6) is -3.33. The molecule has 0 bridgehead atoms. The lowest BCUT2D eigenvalue weighted by molar-refractivity contribution is -0.161. The summed E-state index contributed by atoms with van der Waals surface area (Å²) in [6.07, 6.45) is 1.49. The van der Waals surface area contributed by atoms with Crippen LogP contribution in [0.1, 0.15) is 33.1 Å². The summed E-state index contributed by atoms with van der Waals surface area (Å²) in [6, 6.07) is 0. The van der Waals surface area contributed by atoms with E-state index >= 15 is 0 Å². The number of rotatable bonds is 8. The Morgan fingerprint density at radius 1 is 1.05 bits per heavy atom. The van der Waals surface area contributed by atoms with E-state index in [2.05, 4.69) is 9.47 Å². The Balaban J connectivity index is 4.55. The molecule has 0 aliphatic carbocycles. The van der Waals surface area contributed by atoms with Crippen molar-refractivity contribution in [3.63, 3.8) is 0 Å². The minimum Gasteiger partial charge on any atom is -0.469 e. The number of ether oxygens (including phenoxy) is 3. The molecule has 110 valence electrons. The Morgan fingerprint density at radius 2 is 1.63 bits per heavy atom. The molecule has 0 aromatic heterocycles. The van der Waals surface area contributed by atoms with Gasteiger partial charge < -0.3 is 14.2 Å². The van der Waals surface area contributed by atoms with Crippen LogP contribution in [0.5, 0.6) is 0 Å². The SMILES string of the molecule is CCCCOC(=O)CC(C(=O)OC)C(C)C(=O)OC. The van der Waals surface area contributed by atoms with Crippen LogP contribution in [-0.2, 0) is 28.6 Å². The fourth-order valence-electron chi connectivity index (χ4n) is 1.53. The fourth-order valence-corrected chi connectivity index (χ4v) is 1.53. The van der Waals surface area contributed by atoms with E-state index in [1.807, 2.05) is 6.92 Å². The molecule has 0 heterocycles. The highest BCUT2D eigenvalue weighted by Gasteiger charge is 2.34. The minimum atomic E-state index is -0.883. The third kappa shape index (κ3) is 6.22. The standard InChI is InChI=1S/C13H22O6/c1-5-6-7-19-11(14)8-10(13(16)18-4)9(2)12(15)17-3/h9-10H,5-8H2,1-4H3. The fraction of sp³-hybridized carbons (Fsp3) is 0.769. The van der Waals surface area contributed by atoms with E-state index < -0.39 is 29.7 Å². The molecule has 0 amide bonds. The molecule has 0 saturated carbocycles. The van der Waals surface area contributed by atoms with Gasteiger partial charge in [-0.3, -0.25) is 14.4 Å². The predicted molar refractivity (Wildman–Crippen MR) is 67.2 cm³/mol. The third-order valence-electron chi connectivity index (χ3n) is 2.83. The minimum absolute atomic E-state index is 0.188. The van der Waals surface area contributed by atoms with Crippen molar-refractivity contribution in [3.8, 4) is 0 Å². The number of hydrogen-bond donors (Lipinski definition) is 0. The molecule has 0 rings (SSSR count). The van der Waals surface area contributed by atoms with Gasteiger partial charge in [0.15, 0.2) is 0 Å². The van der Waals surface area contributed by atoms with Crippen molar-refractivity contribution in [2.24, 2.45) is 11.8 Å². The van der Waals surface area contributed by atoms with Crippen molar-refractivity contribution in [2.75, 3.05) is 20.8 Å². The van der Waals surface area contributed by atoms with Crippen LogP contribution in [-0.4, -0.2) is 38.7 Å². The normalized spacial score (nSPS) is 13.3. The number of methoxy groups -OCH3 is 2. The van der Waals surface area contributed by atoms with Crippen molar-refractivity contribution < 1.29 is 28.6 Å². The number of carbonyl (C=O) groups excluding carboxylic acids is 3. The summed E-state index contributed by atoms with van der Waals surface area (Å²) in [5, 5.41) is 0. The van der Waals surface area contributed by atoms with Gasteiger partial charge in [0.05, 0.1) is 39.1 Å². The van der Waals surface area contributed by atoms with E-state index in [0.717, 1.165) is 12.8 Å². The second-order valence-electron chi connectivity index (χ2n) is 4.22. The average Bonchev–Trinajstić information content (AvgIpc) is 2.42. The van der Waals surface area contributed by atoms with Crippen molar-refractivity contribution >= 4 is 17.9 Å². The molecule has 0 N–H and O–H groups in total. The van der Waals surface area contributed by atoms with Crippen molar-refractivity contribution in [1.82, 2.24) is 0 Å². The van der Waals surface area contributed by atoms with Gasteiger partial charge in [0.1, 0.15) is 0 Å². The van der Waals surface area contributed by atoms with Gasteiger partial charge in [-0.15, -0.1) is 0 Å². The predicted octanol–water partition coefficient (Wildman–Crippen LogP) is 1.32. The molecule has 0 spiro atoms. The van der Waals surface area contributed by atoms with Gasteiger partial charge in [-0.25, -0.2) is 0 Å². The van der Waals surface area contributed by atoms with Gasteiger partial charge in [0, 0.05) is 0 Å². The number of carbonyl (C=O) groups is 3. The zero-order valence-electron chi connectivity index (χ0n) is 11.9. The molecule has 0 saturated heterocycles. The smallest absolute Gasteiger partial charge is 0.310 e. The second-order valence-corrected chi connectivity index (χ2v) is 4.22. The monoisotopic (exact) mass is 274 g/mol. The largest absolute Gasteiger partial charge is 0.469 e. The summed E-state index contributed by atoms with van der Waals surface area (Å²) in [5.41, 5.74) is 0. The molecule has 2 atom stereocenters. The molecule has 0 aliphatic heterocycles. The van der Waals surface area contributed by atoms with Crippen LogP contribution in [0.15, 0.2) is 0 Å². The van der Waals surface area contributed by atoms with E-state index in [1.165, 1.54) is 21.1 Å². The molecule has 0 radical (unpaired) electrons. The lowest BCUT2D eigenvalue weighted by Gasteiger charge is -2.19. The van der Waals surface area contributed by atoms with Gasteiger partial charge in [-0.05, 0) is 6.42 Å². The first kappa shape index (κ1) is 17.4. The van der Waals surface area contributed by atoms with Crippen molar-refractivity contribution in [2.45, 2.75) is 33.1 Å². The summed E-state index contributed by atoms with van der Waals surface area (Å²) in [7, 11) is 2.44. The van der Waals surface area contributed by atoms with E-state index in [0.29, 0.717) is 6.61 Å². The van der Waals surface area contributed by atoms with E-state index in [4.69, 9.17) is 4.74 Å². The highest BCUT2D eigenvalue weighted by Crippen LogP contribution is 2.19. The molecule has 6 heteroatoms. The quantitative estimate of drug-likeness (QED) is 0.377. The van der Waals surface area contributed by atoms with Crippen molar-refractivity contribution in [1.29, 1.82) is 0 Å². The zero-order chi connectivity index (χ0) is 14.8. The highest BCUT2D eigenvalue weighted by molar-refractivity contribution is 5.85.